The van der Waals surface area contributed by atoms with Gasteiger partial charge in [-0.25, -0.2) is 4.98 Å². The van der Waals surface area contributed by atoms with Gasteiger partial charge in [0.25, 0.3) is 0 Å². The molecule has 1 rings (SSSR count). The highest BCUT2D eigenvalue weighted by Gasteiger charge is 2.18. The number of esters is 1. The molecule has 0 bridgehead atoms. The zero-order valence-electron chi connectivity index (χ0n) is 9.14. The Morgan fingerprint density at radius 1 is 1.73 bits per heavy atom. The molecule has 0 spiro atoms. The summed E-state index contributed by atoms with van der Waals surface area (Å²) in [5.74, 6) is -0.255. The highest BCUT2D eigenvalue weighted by molar-refractivity contribution is 5.70. The van der Waals surface area contributed by atoms with E-state index in [0.29, 0.717) is 13.0 Å². The maximum absolute atomic E-state index is 11.2. The molecule has 1 heterocycles. The second kappa shape index (κ2) is 5.50. The molecule has 5 nitrogen and oxygen atoms in total. The summed E-state index contributed by atoms with van der Waals surface area (Å²) in [7, 11) is 1.38. The third-order valence-electron chi connectivity index (χ3n) is 2.43. The zero-order valence-corrected chi connectivity index (χ0v) is 9.14. The van der Waals surface area contributed by atoms with Crippen molar-refractivity contribution in [2.45, 2.75) is 25.8 Å². The van der Waals surface area contributed by atoms with Crippen LogP contribution in [-0.2, 0) is 16.1 Å². The van der Waals surface area contributed by atoms with Gasteiger partial charge in [-0.1, -0.05) is 0 Å². The standard InChI is InChI=1S/C10H17N3O2/c1-3-13-7-12-6-9(13)8(5-11)4-10(14)15-2/h6-8H,3-5,11H2,1-2H3. The smallest absolute Gasteiger partial charge is 0.306 e. The molecule has 1 aromatic rings. The largest absolute Gasteiger partial charge is 0.469 e. The minimum absolute atomic E-state index is 0.0140. The molecule has 0 fully saturated rings. The molecule has 1 unspecified atom stereocenters. The number of methoxy groups -OCH3 is 1. The topological polar surface area (TPSA) is 70.1 Å². The summed E-state index contributed by atoms with van der Waals surface area (Å²) in [6, 6.07) is 0. The van der Waals surface area contributed by atoms with Gasteiger partial charge in [0.2, 0.25) is 0 Å². The van der Waals surface area contributed by atoms with Gasteiger partial charge in [0.05, 0.1) is 19.9 Å². The average Bonchev–Trinajstić information content (AvgIpc) is 2.73. The third-order valence-corrected chi connectivity index (χ3v) is 2.43. The lowest BCUT2D eigenvalue weighted by atomic mass is 10.0. The molecule has 2 N–H and O–H groups in total. The lowest BCUT2D eigenvalue weighted by Crippen LogP contribution is -2.19. The predicted molar refractivity (Wildman–Crippen MR) is 56.3 cm³/mol. The molecular weight excluding hydrogens is 194 g/mol. The molecule has 0 aromatic carbocycles. The van der Waals surface area contributed by atoms with Crippen molar-refractivity contribution in [3.63, 3.8) is 0 Å². The van der Waals surface area contributed by atoms with Gasteiger partial charge < -0.3 is 15.0 Å². The van der Waals surface area contributed by atoms with E-state index in [2.05, 4.69) is 9.72 Å². The molecular formula is C10H17N3O2. The fourth-order valence-electron chi connectivity index (χ4n) is 1.53. The number of aryl methyl sites for hydroxylation is 1. The highest BCUT2D eigenvalue weighted by atomic mass is 16.5. The molecule has 5 heteroatoms. The van der Waals surface area contributed by atoms with Crippen molar-refractivity contribution in [3.05, 3.63) is 18.2 Å². The van der Waals surface area contributed by atoms with Crippen molar-refractivity contribution in [1.29, 1.82) is 0 Å². The van der Waals surface area contributed by atoms with Crippen LogP contribution in [-0.4, -0.2) is 29.2 Å². The van der Waals surface area contributed by atoms with Crippen LogP contribution in [0.3, 0.4) is 0 Å². The summed E-state index contributed by atoms with van der Waals surface area (Å²) in [6.07, 6.45) is 3.80. The van der Waals surface area contributed by atoms with Crippen LogP contribution in [0.1, 0.15) is 25.0 Å². The number of aromatic nitrogens is 2. The number of rotatable bonds is 5. The van der Waals surface area contributed by atoms with Crippen LogP contribution in [0.4, 0.5) is 0 Å². The molecule has 0 saturated carbocycles. The van der Waals surface area contributed by atoms with Crippen LogP contribution in [0, 0.1) is 0 Å². The number of hydrogen-bond donors (Lipinski definition) is 1. The van der Waals surface area contributed by atoms with Crippen LogP contribution in [0.15, 0.2) is 12.5 Å². The minimum Gasteiger partial charge on any atom is -0.469 e. The SMILES string of the molecule is CCn1cncc1C(CN)CC(=O)OC. The Balaban J connectivity index is 2.78. The number of imidazole rings is 1. The van der Waals surface area contributed by atoms with Crippen LogP contribution in [0.25, 0.3) is 0 Å². The van der Waals surface area contributed by atoms with E-state index in [9.17, 15) is 4.79 Å². The van der Waals surface area contributed by atoms with Gasteiger partial charge in [-0.05, 0) is 6.92 Å². The molecule has 0 radical (unpaired) electrons. The quantitative estimate of drug-likeness (QED) is 0.720. The van der Waals surface area contributed by atoms with E-state index < -0.39 is 0 Å². The molecule has 1 atom stereocenters. The normalized spacial score (nSPS) is 12.5. The van der Waals surface area contributed by atoms with E-state index in [-0.39, 0.29) is 11.9 Å². The van der Waals surface area contributed by atoms with Gasteiger partial charge in [0.15, 0.2) is 0 Å². The Kier molecular flexibility index (Phi) is 4.30. The minimum atomic E-state index is -0.241. The number of ether oxygens (including phenoxy) is 1. The Morgan fingerprint density at radius 2 is 2.47 bits per heavy atom. The molecule has 0 amide bonds. The first-order valence-corrected chi connectivity index (χ1v) is 4.99. The fourth-order valence-corrected chi connectivity index (χ4v) is 1.53. The Bertz CT molecular complexity index is 322. The van der Waals surface area contributed by atoms with Gasteiger partial charge in [-0.3, -0.25) is 4.79 Å². The average molecular weight is 211 g/mol. The Morgan fingerprint density at radius 3 is 3.00 bits per heavy atom. The van der Waals surface area contributed by atoms with Gasteiger partial charge in [0.1, 0.15) is 0 Å². The number of nitrogens with zero attached hydrogens (tertiary/aromatic N) is 2. The number of carbonyl (C=O) groups excluding carboxylic acids is 1. The van der Waals surface area contributed by atoms with E-state index >= 15 is 0 Å². The molecule has 84 valence electrons. The van der Waals surface area contributed by atoms with Crippen molar-refractivity contribution in [3.8, 4) is 0 Å². The molecule has 0 aliphatic carbocycles. The van der Waals surface area contributed by atoms with E-state index in [1.165, 1.54) is 7.11 Å². The molecule has 15 heavy (non-hydrogen) atoms. The number of hydrogen-bond acceptors (Lipinski definition) is 4. The number of nitrogens with two attached hydrogens (primary N) is 1. The fraction of sp³-hybridized carbons (Fsp3) is 0.600. The lowest BCUT2D eigenvalue weighted by Gasteiger charge is -2.14. The monoisotopic (exact) mass is 211 g/mol. The van der Waals surface area contributed by atoms with Gasteiger partial charge in [-0.15, -0.1) is 0 Å². The second-order valence-electron chi connectivity index (χ2n) is 3.32. The summed E-state index contributed by atoms with van der Waals surface area (Å²) in [6.45, 7) is 3.27. The van der Waals surface area contributed by atoms with Crippen molar-refractivity contribution < 1.29 is 9.53 Å². The summed E-state index contributed by atoms with van der Waals surface area (Å²) < 4.78 is 6.62. The van der Waals surface area contributed by atoms with Crippen molar-refractivity contribution in [2.75, 3.05) is 13.7 Å². The van der Waals surface area contributed by atoms with Crippen molar-refractivity contribution in [2.24, 2.45) is 5.73 Å². The van der Waals surface area contributed by atoms with Gasteiger partial charge in [-0.2, -0.15) is 0 Å². The van der Waals surface area contributed by atoms with E-state index in [1.54, 1.807) is 12.5 Å². The summed E-state index contributed by atoms with van der Waals surface area (Å²) in [4.78, 5) is 15.2. The second-order valence-corrected chi connectivity index (χ2v) is 3.32. The predicted octanol–water partition coefficient (Wildman–Crippen LogP) is 0.508. The van der Waals surface area contributed by atoms with E-state index in [0.717, 1.165) is 12.2 Å². The van der Waals surface area contributed by atoms with E-state index in [4.69, 9.17) is 5.73 Å². The first kappa shape index (κ1) is 11.7. The maximum Gasteiger partial charge on any atom is 0.306 e. The first-order chi connectivity index (χ1) is 7.22. The van der Waals surface area contributed by atoms with Crippen LogP contribution < -0.4 is 5.73 Å². The summed E-state index contributed by atoms with van der Waals surface area (Å²) in [5, 5.41) is 0. The van der Waals surface area contributed by atoms with Crippen LogP contribution >= 0.6 is 0 Å². The third kappa shape index (κ3) is 2.79. The van der Waals surface area contributed by atoms with Crippen molar-refractivity contribution >= 4 is 5.97 Å². The van der Waals surface area contributed by atoms with Crippen LogP contribution in [0.5, 0.6) is 0 Å². The maximum atomic E-state index is 11.2. The van der Waals surface area contributed by atoms with Crippen molar-refractivity contribution in [1.82, 2.24) is 9.55 Å². The Hall–Kier alpha value is -1.36. The van der Waals surface area contributed by atoms with E-state index in [1.807, 2.05) is 11.5 Å². The lowest BCUT2D eigenvalue weighted by molar-refractivity contribution is -0.141. The first-order valence-electron chi connectivity index (χ1n) is 4.99. The summed E-state index contributed by atoms with van der Waals surface area (Å²) >= 11 is 0. The Labute approximate surface area is 89.2 Å². The molecule has 0 saturated heterocycles. The van der Waals surface area contributed by atoms with Gasteiger partial charge in [0, 0.05) is 30.9 Å². The number of carbonyl (C=O) groups is 1. The zero-order chi connectivity index (χ0) is 11.3. The molecule has 1 aromatic heterocycles. The van der Waals surface area contributed by atoms with Gasteiger partial charge >= 0.3 is 5.97 Å². The highest BCUT2D eigenvalue weighted by Crippen LogP contribution is 2.18. The summed E-state index contributed by atoms with van der Waals surface area (Å²) in [5.41, 5.74) is 6.63. The molecule has 0 aliphatic heterocycles. The molecule has 0 aliphatic rings. The van der Waals surface area contributed by atoms with Crippen LogP contribution in [0.2, 0.25) is 0 Å².